The Balaban J connectivity index is 2.00. The molecule has 1 aromatic heterocycles. The zero-order valence-electron chi connectivity index (χ0n) is 12.5. The molecular formula is C15H24N4O2. The Bertz CT molecular complexity index is 498. The van der Waals surface area contributed by atoms with Crippen LogP contribution in [0.2, 0.25) is 0 Å². The quantitative estimate of drug-likeness (QED) is 0.826. The summed E-state index contributed by atoms with van der Waals surface area (Å²) in [6.45, 7) is 4.91. The molecule has 1 atom stereocenters. The highest BCUT2D eigenvalue weighted by Crippen LogP contribution is 2.19. The van der Waals surface area contributed by atoms with Crippen molar-refractivity contribution in [3.05, 3.63) is 24.0 Å². The van der Waals surface area contributed by atoms with Crippen molar-refractivity contribution in [2.24, 2.45) is 11.7 Å². The van der Waals surface area contributed by atoms with E-state index >= 15 is 0 Å². The van der Waals surface area contributed by atoms with Crippen LogP contribution in [0.1, 0.15) is 30.3 Å². The zero-order chi connectivity index (χ0) is 15.2. The highest BCUT2D eigenvalue weighted by molar-refractivity contribution is 5.93. The smallest absolute Gasteiger partial charge is 0.270 e. The van der Waals surface area contributed by atoms with Gasteiger partial charge in [0.2, 0.25) is 5.91 Å². The van der Waals surface area contributed by atoms with Gasteiger partial charge in [0.05, 0.1) is 5.92 Å². The maximum Gasteiger partial charge on any atom is 0.270 e. The van der Waals surface area contributed by atoms with E-state index in [4.69, 9.17) is 5.73 Å². The average Bonchev–Trinajstić information content (AvgIpc) is 3.00. The minimum absolute atomic E-state index is 0.00354. The van der Waals surface area contributed by atoms with Crippen LogP contribution >= 0.6 is 0 Å². The molecule has 2 rings (SSSR count). The fourth-order valence-electron chi connectivity index (χ4n) is 2.76. The molecule has 3 N–H and O–H groups in total. The van der Waals surface area contributed by atoms with Crippen molar-refractivity contribution < 1.29 is 9.59 Å². The van der Waals surface area contributed by atoms with Gasteiger partial charge in [-0.05, 0) is 31.9 Å². The number of nitrogens with two attached hydrogens (primary N) is 1. The lowest BCUT2D eigenvalue weighted by Crippen LogP contribution is -2.46. The topological polar surface area (TPSA) is 80.4 Å². The second kappa shape index (κ2) is 7.26. The van der Waals surface area contributed by atoms with Crippen LogP contribution in [0, 0.1) is 5.92 Å². The second-order valence-electron chi connectivity index (χ2n) is 5.35. The van der Waals surface area contributed by atoms with Gasteiger partial charge in [0.1, 0.15) is 5.69 Å². The van der Waals surface area contributed by atoms with Gasteiger partial charge in [-0.25, -0.2) is 0 Å². The van der Waals surface area contributed by atoms with Crippen LogP contribution in [0.5, 0.6) is 0 Å². The number of amides is 2. The van der Waals surface area contributed by atoms with Gasteiger partial charge in [-0.3, -0.25) is 9.59 Å². The van der Waals surface area contributed by atoms with Gasteiger partial charge in [0.15, 0.2) is 0 Å². The monoisotopic (exact) mass is 292 g/mol. The molecule has 6 heteroatoms. The number of aromatic nitrogens is 1. The number of aryl methyl sites for hydroxylation is 1. The molecule has 1 aromatic rings. The lowest BCUT2D eigenvalue weighted by atomic mass is 9.97. The first-order valence-electron chi connectivity index (χ1n) is 7.59. The number of carbonyl (C=O) groups excluding carboxylic acids is 2. The minimum atomic E-state index is -0.126. The largest absolute Gasteiger partial charge is 0.355 e. The summed E-state index contributed by atoms with van der Waals surface area (Å²) in [4.78, 5) is 26.4. The molecule has 21 heavy (non-hydrogen) atoms. The Hall–Kier alpha value is -1.82. The molecular weight excluding hydrogens is 268 g/mol. The van der Waals surface area contributed by atoms with Gasteiger partial charge in [-0.15, -0.1) is 0 Å². The van der Waals surface area contributed by atoms with E-state index in [0.29, 0.717) is 31.9 Å². The molecule has 2 heterocycles. The summed E-state index contributed by atoms with van der Waals surface area (Å²) in [6, 6.07) is 3.72. The number of rotatable bonds is 5. The van der Waals surface area contributed by atoms with E-state index in [1.165, 1.54) is 0 Å². The summed E-state index contributed by atoms with van der Waals surface area (Å²) in [5.41, 5.74) is 6.09. The van der Waals surface area contributed by atoms with Gasteiger partial charge in [0, 0.05) is 38.9 Å². The number of piperidine rings is 1. The number of nitrogens with one attached hydrogen (secondary N) is 1. The van der Waals surface area contributed by atoms with Crippen LogP contribution in [0.15, 0.2) is 18.3 Å². The highest BCUT2D eigenvalue weighted by Gasteiger charge is 2.29. The molecule has 1 aliphatic heterocycles. The van der Waals surface area contributed by atoms with Crippen molar-refractivity contribution in [1.29, 1.82) is 0 Å². The molecule has 0 spiro atoms. The van der Waals surface area contributed by atoms with Crippen LogP contribution in [0.25, 0.3) is 0 Å². The lowest BCUT2D eigenvalue weighted by Gasteiger charge is -2.32. The van der Waals surface area contributed by atoms with E-state index in [0.717, 1.165) is 19.4 Å². The number of hydrogen-bond donors (Lipinski definition) is 2. The predicted octanol–water partition coefficient (Wildman–Crippen LogP) is 0.435. The molecule has 1 saturated heterocycles. The normalized spacial score (nSPS) is 18.6. The minimum Gasteiger partial charge on any atom is -0.355 e. The fourth-order valence-corrected chi connectivity index (χ4v) is 2.76. The van der Waals surface area contributed by atoms with Gasteiger partial charge in [-0.2, -0.15) is 0 Å². The third-order valence-corrected chi connectivity index (χ3v) is 3.91. The molecule has 116 valence electrons. The Morgan fingerprint density at radius 2 is 2.29 bits per heavy atom. The molecule has 1 unspecified atom stereocenters. The number of nitrogens with zero attached hydrogens (tertiary/aromatic N) is 2. The van der Waals surface area contributed by atoms with E-state index in [1.807, 2.05) is 29.8 Å². The van der Waals surface area contributed by atoms with Crippen molar-refractivity contribution >= 4 is 11.8 Å². The molecule has 6 nitrogen and oxygen atoms in total. The molecule has 0 bridgehead atoms. The molecule has 0 aliphatic carbocycles. The first-order chi connectivity index (χ1) is 10.2. The predicted molar refractivity (Wildman–Crippen MR) is 80.8 cm³/mol. The number of likely N-dealkylation sites (tertiary alicyclic amines) is 1. The molecule has 0 radical (unpaired) electrons. The van der Waals surface area contributed by atoms with Gasteiger partial charge < -0.3 is 20.5 Å². The molecule has 1 aliphatic rings. The van der Waals surface area contributed by atoms with Crippen molar-refractivity contribution in [1.82, 2.24) is 14.8 Å². The standard InChI is InChI=1S/C15H24N4O2/c1-2-18-9-4-6-13(18)15(21)19-10-3-5-12(11-19)14(20)17-8-7-16/h4,6,9,12H,2-3,5,7-8,10-11,16H2,1H3,(H,17,20). The zero-order valence-corrected chi connectivity index (χ0v) is 12.5. The molecule has 0 saturated carbocycles. The van der Waals surface area contributed by atoms with Crippen LogP contribution in [0.3, 0.4) is 0 Å². The van der Waals surface area contributed by atoms with Crippen molar-refractivity contribution in [3.63, 3.8) is 0 Å². The SMILES string of the molecule is CCn1cccc1C(=O)N1CCCC(C(=O)NCCN)C1. The van der Waals surface area contributed by atoms with E-state index in [-0.39, 0.29) is 17.7 Å². The van der Waals surface area contributed by atoms with Gasteiger partial charge >= 0.3 is 0 Å². The fraction of sp³-hybridized carbons (Fsp3) is 0.600. The lowest BCUT2D eigenvalue weighted by molar-refractivity contribution is -0.126. The Kier molecular flexibility index (Phi) is 5.38. The summed E-state index contributed by atoms with van der Waals surface area (Å²) in [5.74, 6) is -0.110. The maximum atomic E-state index is 12.6. The van der Waals surface area contributed by atoms with Crippen molar-refractivity contribution in [3.8, 4) is 0 Å². The van der Waals surface area contributed by atoms with Crippen LogP contribution in [-0.4, -0.2) is 47.5 Å². The van der Waals surface area contributed by atoms with Crippen LogP contribution in [0.4, 0.5) is 0 Å². The van der Waals surface area contributed by atoms with Crippen molar-refractivity contribution in [2.45, 2.75) is 26.3 Å². The van der Waals surface area contributed by atoms with E-state index < -0.39 is 0 Å². The summed E-state index contributed by atoms with van der Waals surface area (Å²) in [6.07, 6.45) is 3.59. The molecule has 0 aromatic carbocycles. The van der Waals surface area contributed by atoms with Gasteiger partial charge in [0.25, 0.3) is 5.91 Å². The van der Waals surface area contributed by atoms with Gasteiger partial charge in [-0.1, -0.05) is 0 Å². The Labute approximate surface area is 125 Å². The highest BCUT2D eigenvalue weighted by atomic mass is 16.2. The third-order valence-electron chi connectivity index (χ3n) is 3.91. The second-order valence-corrected chi connectivity index (χ2v) is 5.35. The molecule has 2 amide bonds. The Morgan fingerprint density at radius 1 is 1.48 bits per heavy atom. The Morgan fingerprint density at radius 3 is 3.00 bits per heavy atom. The molecule has 1 fully saturated rings. The number of hydrogen-bond acceptors (Lipinski definition) is 3. The van der Waals surface area contributed by atoms with Crippen LogP contribution < -0.4 is 11.1 Å². The van der Waals surface area contributed by atoms with E-state index in [9.17, 15) is 9.59 Å². The van der Waals surface area contributed by atoms with E-state index in [1.54, 1.807) is 4.90 Å². The first kappa shape index (κ1) is 15.6. The first-order valence-corrected chi connectivity index (χ1v) is 7.59. The summed E-state index contributed by atoms with van der Waals surface area (Å²) in [5, 5.41) is 2.81. The average molecular weight is 292 g/mol. The van der Waals surface area contributed by atoms with Crippen molar-refractivity contribution in [2.75, 3.05) is 26.2 Å². The summed E-state index contributed by atoms with van der Waals surface area (Å²) >= 11 is 0. The van der Waals surface area contributed by atoms with Crippen LogP contribution in [-0.2, 0) is 11.3 Å². The number of carbonyl (C=O) groups is 2. The maximum absolute atomic E-state index is 12.6. The summed E-state index contributed by atoms with van der Waals surface area (Å²) < 4.78 is 1.93. The third kappa shape index (κ3) is 3.64. The van der Waals surface area contributed by atoms with E-state index in [2.05, 4.69) is 5.32 Å². The summed E-state index contributed by atoms with van der Waals surface area (Å²) in [7, 11) is 0.